The van der Waals surface area contributed by atoms with Crippen LogP contribution < -0.4 is 10.1 Å². The van der Waals surface area contributed by atoms with Gasteiger partial charge >= 0.3 is 0 Å². The molecule has 1 N–H and O–H groups in total. The number of rotatable bonds is 8. The lowest BCUT2D eigenvalue weighted by Gasteiger charge is -2.08. The summed E-state index contributed by atoms with van der Waals surface area (Å²) in [4.78, 5) is 7.68. The fourth-order valence-electron chi connectivity index (χ4n) is 1.14. The molecule has 0 bridgehead atoms. The smallest absolute Gasteiger partial charge is 0.255 e. The molecular formula is C11H18FN3O2. The normalized spacial score (nSPS) is 10.3. The van der Waals surface area contributed by atoms with E-state index in [4.69, 9.17) is 9.47 Å². The molecule has 0 fully saturated rings. The molecule has 1 aromatic heterocycles. The summed E-state index contributed by atoms with van der Waals surface area (Å²) in [5.41, 5.74) is 0. The summed E-state index contributed by atoms with van der Waals surface area (Å²) >= 11 is 0. The molecule has 6 heteroatoms. The van der Waals surface area contributed by atoms with Crippen LogP contribution in [0.25, 0.3) is 0 Å². The van der Waals surface area contributed by atoms with Gasteiger partial charge in [0.15, 0.2) is 0 Å². The van der Waals surface area contributed by atoms with Crippen LogP contribution in [0.3, 0.4) is 0 Å². The van der Waals surface area contributed by atoms with Gasteiger partial charge in [-0.15, -0.1) is 0 Å². The van der Waals surface area contributed by atoms with Gasteiger partial charge in [0.05, 0.1) is 12.8 Å². The van der Waals surface area contributed by atoms with Gasteiger partial charge in [0, 0.05) is 13.2 Å². The van der Waals surface area contributed by atoms with Crippen LogP contribution in [0.2, 0.25) is 0 Å². The molecule has 0 saturated carbocycles. The standard InChI is InChI=1S/C11H18FN3O2/c1-3-5-16-6-7-17-10-9(12)8-14-11(15-10)13-4-2/h8H,3-7H2,1-2H3,(H,13,14,15). The Morgan fingerprint density at radius 2 is 2.12 bits per heavy atom. The summed E-state index contributed by atoms with van der Waals surface area (Å²) in [6.07, 6.45) is 2.04. The number of halogens is 1. The molecule has 0 aliphatic heterocycles. The van der Waals surface area contributed by atoms with Gasteiger partial charge in [-0.1, -0.05) is 6.92 Å². The number of hydrogen-bond donors (Lipinski definition) is 1. The van der Waals surface area contributed by atoms with Gasteiger partial charge < -0.3 is 14.8 Å². The summed E-state index contributed by atoms with van der Waals surface area (Å²) in [6, 6.07) is 0. The molecule has 0 aromatic carbocycles. The first-order valence-corrected chi connectivity index (χ1v) is 5.74. The Balaban J connectivity index is 2.42. The Kier molecular flexibility index (Phi) is 6.24. The molecule has 1 aromatic rings. The van der Waals surface area contributed by atoms with E-state index < -0.39 is 5.82 Å². The minimum Gasteiger partial charge on any atom is -0.473 e. The van der Waals surface area contributed by atoms with Gasteiger partial charge in [-0.05, 0) is 13.3 Å². The highest BCUT2D eigenvalue weighted by molar-refractivity contribution is 5.27. The van der Waals surface area contributed by atoms with Crippen LogP contribution in [-0.4, -0.2) is 36.3 Å². The molecule has 0 aliphatic rings. The van der Waals surface area contributed by atoms with E-state index in [-0.39, 0.29) is 12.5 Å². The van der Waals surface area contributed by atoms with Crippen LogP contribution >= 0.6 is 0 Å². The lowest BCUT2D eigenvalue weighted by molar-refractivity contribution is 0.0973. The maximum atomic E-state index is 13.3. The van der Waals surface area contributed by atoms with E-state index in [2.05, 4.69) is 15.3 Å². The molecule has 96 valence electrons. The van der Waals surface area contributed by atoms with Gasteiger partial charge in [-0.25, -0.2) is 4.98 Å². The summed E-state index contributed by atoms with van der Waals surface area (Å²) < 4.78 is 23.7. The Labute approximate surface area is 100 Å². The van der Waals surface area contributed by atoms with Crippen molar-refractivity contribution in [3.63, 3.8) is 0 Å². The third kappa shape index (κ3) is 4.95. The highest BCUT2D eigenvalue weighted by Gasteiger charge is 2.07. The number of aromatic nitrogens is 2. The molecule has 0 unspecified atom stereocenters. The number of nitrogens with zero attached hydrogens (tertiary/aromatic N) is 2. The van der Waals surface area contributed by atoms with Crippen molar-refractivity contribution in [2.24, 2.45) is 0 Å². The second-order valence-corrected chi connectivity index (χ2v) is 3.34. The van der Waals surface area contributed by atoms with Crippen LogP contribution in [0.5, 0.6) is 5.88 Å². The first kappa shape index (κ1) is 13.6. The third-order valence-electron chi connectivity index (χ3n) is 1.86. The zero-order valence-corrected chi connectivity index (χ0v) is 10.2. The topological polar surface area (TPSA) is 56.3 Å². The van der Waals surface area contributed by atoms with Gasteiger partial charge in [0.2, 0.25) is 11.8 Å². The molecule has 5 nitrogen and oxygen atoms in total. The number of anilines is 1. The maximum Gasteiger partial charge on any atom is 0.255 e. The quantitative estimate of drug-likeness (QED) is 0.706. The first-order valence-electron chi connectivity index (χ1n) is 5.74. The van der Waals surface area contributed by atoms with Crippen LogP contribution in [0, 0.1) is 5.82 Å². The third-order valence-corrected chi connectivity index (χ3v) is 1.86. The zero-order valence-electron chi connectivity index (χ0n) is 10.2. The SMILES string of the molecule is CCCOCCOc1nc(NCC)ncc1F. The first-order chi connectivity index (χ1) is 8.27. The Hall–Kier alpha value is -1.43. The molecule has 0 atom stereocenters. The molecule has 0 amide bonds. The Bertz CT molecular complexity index is 336. The summed E-state index contributed by atoms with van der Waals surface area (Å²) in [5.74, 6) is -0.253. The van der Waals surface area contributed by atoms with E-state index in [1.165, 1.54) is 0 Å². The lowest BCUT2D eigenvalue weighted by atomic mass is 10.5. The minimum atomic E-state index is -0.567. The lowest BCUT2D eigenvalue weighted by Crippen LogP contribution is -2.10. The van der Waals surface area contributed by atoms with Crippen LogP contribution in [-0.2, 0) is 4.74 Å². The predicted octanol–water partition coefficient (Wildman–Crippen LogP) is 1.85. The monoisotopic (exact) mass is 243 g/mol. The zero-order chi connectivity index (χ0) is 12.5. The number of ether oxygens (including phenoxy) is 2. The van der Waals surface area contributed by atoms with Crippen molar-refractivity contribution in [2.45, 2.75) is 20.3 Å². The fraction of sp³-hybridized carbons (Fsp3) is 0.636. The van der Waals surface area contributed by atoms with Crippen molar-refractivity contribution in [1.29, 1.82) is 0 Å². The van der Waals surface area contributed by atoms with E-state index in [9.17, 15) is 4.39 Å². The van der Waals surface area contributed by atoms with E-state index in [0.717, 1.165) is 12.6 Å². The van der Waals surface area contributed by atoms with Crippen molar-refractivity contribution >= 4 is 5.95 Å². The van der Waals surface area contributed by atoms with Gasteiger partial charge in [0.25, 0.3) is 5.88 Å². The average molecular weight is 243 g/mol. The van der Waals surface area contributed by atoms with Gasteiger partial charge in [-0.3, -0.25) is 0 Å². The van der Waals surface area contributed by atoms with Crippen molar-refractivity contribution in [2.75, 3.05) is 31.7 Å². The Morgan fingerprint density at radius 3 is 2.82 bits per heavy atom. The van der Waals surface area contributed by atoms with Crippen molar-refractivity contribution in [1.82, 2.24) is 9.97 Å². The molecular weight excluding hydrogens is 225 g/mol. The van der Waals surface area contributed by atoms with Crippen LogP contribution in [0.4, 0.5) is 10.3 Å². The number of hydrogen-bond acceptors (Lipinski definition) is 5. The molecule has 1 heterocycles. The summed E-state index contributed by atoms with van der Waals surface area (Å²) in [7, 11) is 0. The van der Waals surface area contributed by atoms with Gasteiger partial charge in [0.1, 0.15) is 6.61 Å². The summed E-state index contributed by atoms with van der Waals surface area (Å²) in [6.45, 7) is 5.98. The Morgan fingerprint density at radius 1 is 1.29 bits per heavy atom. The predicted molar refractivity (Wildman–Crippen MR) is 62.8 cm³/mol. The molecule has 0 saturated heterocycles. The molecule has 0 spiro atoms. The van der Waals surface area contributed by atoms with Crippen LogP contribution in [0.15, 0.2) is 6.20 Å². The van der Waals surface area contributed by atoms with Crippen molar-refractivity contribution in [3.8, 4) is 5.88 Å². The highest BCUT2D eigenvalue weighted by atomic mass is 19.1. The molecule has 1 rings (SSSR count). The van der Waals surface area contributed by atoms with E-state index in [1.807, 2.05) is 13.8 Å². The largest absolute Gasteiger partial charge is 0.473 e. The van der Waals surface area contributed by atoms with Gasteiger partial charge in [-0.2, -0.15) is 9.37 Å². The molecule has 17 heavy (non-hydrogen) atoms. The second-order valence-electron chi connectivity index (χ2n) is 3.34. The van der Waals surface area contributed by atoms with E-state index >= 15 is 0 Å². The van der Waals surface area contributed by atoms with Crippen LogP contribution in [0.1, 0.15) is 20.3 Å². The molecule has 0 radical (unpaired) electrons. The molecule has 0 aliphatic carbocycles. The van der Waals surface area contributed by atoms with Crippen molar-refractivity contribution < 1.29 is 13.9 Å². The minimum absolute atomic E-state index is 0.0453. The highest BCUT2D eigenvalue weighted by Crippen LogP contribution is 2.14. The second kappa shape index (κ2) is 7.78. The number of nitrogens with one attached hydrogen (secondary N) is 1. The van der Waals surface area contributed by atoms with E-state index in [0.29, 0.717) is 25.7 Å². The average Bonchev–Trinajstić information content (AvgIpc) is 2.33. The fourth-order valence-corrected chi connectivity index (χ4v) is 1.14. The van der Waals surface area contributed by atoms with E-state index in [1.54, 1.807) is 0 Å². The maximum absolute atomic E-state index is 13.3. The summed E-state index contributed by atoms with van der Waals surface area (Å²) in [5, 5.41) is 2.89. The van der Waals surface area contributed by atoms with Crippen molar-refractivity contribution in [3.05, 3.63) is 12.0 Å².